The lowest BCUT2D eigenvalue weighted by atomic mass is 10.0. The molecule has 4 heteroatoms. The van der Waals surface area contributed by atoms with Crippen molar-refractivity contribution in [3.05, 3.63) is 12.1 Å². The Balaban J connectivity index is 2.33. The van der Waals surface area contributed by atoms with Crippen molar-refractivity contribution in [2.75, 3.05) is 22.9 Å². The maximum atomic E-state index is 5.71. The predicted octanol–water partition coefficient (Wildman–Crippen LogP) is 1.62. The smallest absolute Gasteiger partial charge is 0.149 e. The van der Waals surface area contributed by atoms with Gasteiger partial charge in [-0.2, -0.15) is 0 Å². The Morgan fingerprint density at radius 1 is 1.33 bits per heavy atom. The molecule has 15 heavy (non-hydrogen) atoms. The number of aromatic nitrogens is 1. The standard InChI is InChI=1S/C11H18N4/c1-11(2)6-3-7-15(11)9-5-4-8(12)10(13)14-9/h4-5H,3,6-7,12H2,1-2H3,(H2,13,14). The van der Waals surface area contributed by atoms with Crippen LogP contribution in [0.15, 0.2) is 12.1 Å². The van der Waals surface area contributed by atoms with Crippen molar-refractivity contribution in [2.45, 2.75) is 32.2 Å². The molecular formula is C11H18N4. The quantitative estimate of drug-likeness (QED) is 0.732. The zero-order valence-corrected chi connectivity index (χ0v) is 9.33. The van der Waals surface area contributed by atoms with Gasteiger partial charge in [-0.15, -0.1) is 0 Å². The van der Waals surface area contributed by atoms with Gasteiger partial charge >= 0.3 is 0 Å². The predicted molar refractivity (Wildman–Crippen MR) is 63.7 cm³/mol. The Morgan fingerprint density at radius 2 is 2.07 bits per heavy atom. The lowest BCUT2D eigenvalue weighted by Gasteiger charge is -2.32. The number of anilines is 3. The Labute approximate surface area is 90.3 Å². The van der Waals surface area contributed by atoms with Crippen LogP contribution in [0, 0.1) is 0 Å². The molecule has 1 aromatic heterocycles. The number of rotatable bonds is 1. The highest BCUT2D eigenvalue weighted by Gasteiger charge is 2.32. The van der Waals surface area contributed by atoms with Crippen LogP contribution in [0.4, 0.5) is 17.3 Å². The van der Waals surface area contributed by atoms with Gasteiger partial charge in [0.15, 0.2) is 0 Å². The van der Waals surface area contributed by atoms with E-state index in [-0.39, 0.29) is 5.54 Å². The van der Waals surface area contributed by atoms with Gasteiger partial charge in [0, 0.05) is 12.1 Å². The second-order valence-corrected chi connectivity index (χ2v) is 4.71. The molecule has 1 aliphatic heterocycles. The molecule has 1 aliphatic rings. The van der Waals surface area contributed by atoms with Crippen molar-refractivity contribution in [1.29, 1.82) is 0 Å². The molecule has 0 atom stereocenters. The first-order chi connectivity index (χ1) is 7.00. The van der Waals surface area contributed by atoms with Crippen LogP contribution < -0.4 is 16.4 Å². The van der Waals surface area contributed by atoms with E-state index in [9.17, 15) is 0 Å². The maximum absolute atomic E-state index is 5.71. The summed E-state index contributed by atoms with van der Waals surface area (Å²) < 4.78 is 0. The highest BCUT2D eigenvalue weighted by Crippen LogP contribution is 2.33. The summed E-state index contributed by atoms with van der Waals surface area (Å²) in [6, 6.07) is 3.77. The lowest BCUT2D eigenvalue weighted by Crippen LogP contribution is -2.38. The van der Waals surface area contributed by atoms with E-state index < -0.39 is 0 Å². The normalized spacial score (nSPS) is 19.5. The molecule has 4 N–H and O–H groups in total. The minimum absolute atomic E-state index is 0.176. The summed E-state index contributed by atoms with van der Waals surface area (Å²) in [5.41, 5.74) is 12.1. The fraction of sp³-hybridized carbons (Fsp3) is 0.545. The zero-order chi connectivity index (χ0) is 11.1. The van der Waals surface area contributed by atoms with E-state index in [0.717, 1.165) is 12.4 Å². The van der Waals surface area contributed by atoms with E-state index in [2.05, 4.69) is 23.7 Å². The highest BCUT2D eigenvalue weighted by molar-refractivity contribution is 5.62. The van der Waals surface area contributed by atoms with Crippen LogP contribution >= 0.6 is 0 Å². The zero-order valence-electron chi connectivity index (χ0n) is 9.33. The molecule has 82 valence electrons. The first-order valence-electron chi connectivity index (χ1n) is 5.30. The number of nitrogens with two attached hydrogens (primary N) is 2. The van der Waals surface area contributed by atoms with Crippen LogP contribution in [0.2, 0.25) is 0 Å². The fourth-order valence-corrected chi connectivity index (χ4v) is 2.16. The Hall–Kier alpha value is -1.45. The van der Waals surface area contributed by atoms with E-state index in [4.69, 9.17) is 11.5 Å². The van der Waals surface area contributed by atoms with E-state index in [1.807, 2.05) is 12.1 Å². The van der Waals surface area contributed by atoms with Crippen LogP contribution in [0.1, 0.15) is 26.7 Å². The Kier molecular flexibility index (Phi) is 2.21. The maximum Gasteiger partial charge on any atom is 0.149 e. The molecule has 0 amide bonds. The summed E-state index contributed by atoms with van der Waals surface area (Å²) >= 11 is 0. The number of pyridine rings is 1. The molecule has 1 saturated heterocycles. The topological polar surface area (TPSA) is 68.2 Å². The average molecular weight is 206 g/mol. The van der Waals surface area contributed by atoms with Gasteiger partial charge in [0.2, 0.25) is 0 Å². The van der Waals surface area contributed by atoms with E-state index >= 15 is 0 Å². The van der Waals surface area contributed by atoms with Gasteiger partial charge in [-0.05, 0) is 38.8 Å². The third-order valence-electron chi connectivity index (χ3n) is 3.12. The molecule has 0 aliphatic carbocycles. The van der Waals surface area contributed by atoms with Gasteiger partial charge in [-0.3, -0.25) is 0 Å². The van der Waals surface area contributed by atoms with Crippen LogP contribution in [0.25, 0.3) is 0 Å². The number of hydrogen-bond donors (Lipinski definition) is 2. The molecular weight excluding hydrogens is 188 g/mol. The molecule has 0 spiro atoms. The average Bonchev–Trinajstić information content (AvgIpc) is 2.50. The van der Waals surface area contributed by atoms with Gasteiger partial charge in [-0.1, -0.05) is 0 Å². The molecule has 2 rings (SSSR count). The molecule has 0 aromatic carbocycles. The van der Waals surface area contributed by atoms with Gasteiger partial charge in [0.1, 0.15) is 11.6 Å². The Bertz CT molecular complexity index is 373. The molecule has 0 unspecified atom stereocenters. The minimum Gasteiger partial charge on any atom is -0.396 e. The monoisotopic (exact) mass is 206 g/mol. The van der Waals surface area contributed by atoms with Crippen LogP contribution in [-0.2, 0) is 0 Å². The molecule has 0 saturated carbocycles. The second kappa shape index (κ2) is 3.29. The largest absolute Gasteiger partial charge is 0.396 e. The van der Waals surface area contributed by atoms with Crippen molar-refractivity contribution >= 4 is 17.3 Å². The number of hydrogen-bond acceptors (Lipinski definition) is 4. The molecule has 1 fully saturated rings. The first-order valence-corrected chi connectivity index (χ1v) is 5.30. The summed E-state index contributed by atoms with van der Waals surface area (Å²) in [5.74, 6) is 1.36. The number of nitrogen functional groups attached to an aromatic ring is 2. The molecule has 2 heterocycles. The van der Waals surface area contributed by atoms with E-state index in [1.54, 1.807) is 0 Å². The van der Waals surface area contributed by atoms with Crippen molar-refractivity contribution in [3.8, 4) is 0 Å². The summed E-state index contributed by atoms with van der Waals surface area (Å²) in [5, 5.41) is 0. The highest BCUT2D eigenvalue weighted by atomic mass is 15.3. The summed E-state index contributed by atoms with van der Waals surface area (Å²) in [7, 11) is 0. The molecule has 0 radical (unpaired) electrons. The third kappa shape index (κ3) is 1.71. The minimum atomic E-state index is 0.176. The first kappa shape index (κ1) is 10.1. The second-order valence-electron chi connectivity index (χ2n) is 4.71. The number of nitrogens with zero attached hydrogens (tertiary/aromatic N) is 2. The Morgan fingerprint density at radius 3 is 2.60 bits per heavy atom. The van der Waals surface area contributed by atoms with Crippen molar-refractivity contribution < 1.29 is 0 Å². The van der Waals surface area contributed by atoms with Crippen molar-refractivity contribution in [2.24, 2.45) is 0 Å². The van der Waals surface area contributed by atoms with Crippen molar-refractivity contribution in [3.63, 3.8) is 0 Å². The lowest BCUT2D eigenvalue weighted by molar-refractivity contribution is 0.514. The summed E-state index contributed by atoms with van der Waals surface area (Å²) in [6.45, 7) is 5.51. The summed E-state index contributed by atoms with van der Waals surface area (Å²) in [6.07, 6.45) is 2.40. The van der Waals surface area contributed by atoms with Crippen LogP contribution in [-0.4, -0.2) is 17.1 Å². The molecule has 4 nitrogen and oxygen atoms in total. The molecule has 0 bridgehead atoms. The third-order valence-corrected chi connectivity index (χ3v) is 3.12. The van der Waals surface area contributed by atoms with Gasteiger partial charge in [0.05, 0.1) is 5.69 Å². The van der Waals surface area contributed by atoms with Gasteiger partial charge in [0.25, 0.3) is 0 Å². The fourth-order valence-electron chi connectivity index (χ4n) is 2.16. The van der Waals surface area contributed by atoms with Crippen LogP contribution in [0.3, 0.4) is 0 Å². The molecule has 1 aromatic rings. The van der Waals surface area contributed by atoms with Crippen LogP contribution in [0.5, 0.6) is 0 Å². The van der Waals surface area contributed by atoms with E-state index in [0.29, 0.717) is 11.5 Å². The van der Waals surface area contributed by atoms with Gasteiger partial charge < -0.3 is 16.4 Å². The van der Waals surface area contributed by atoms with Gasteiger partial charge in [-0.25, -0.2) is 4.98 Å². The van der Waals surface area contributed by atoms with Crippen molar-refractivity contribution in [1.82, 2.24) is 4.98 Å². The van der Waals surface area contributed by atoms with E-state index in [1.165, 1.54) is 12.8 Å². The SMILES string of the molecule is CC1(C)CCCN1c1ccc(N)c(N)n1. The summed E-state index contributed by atoms with van der Waals surface area (Å²) in [4.78, 5) is 6.62.